The van der Waals surface area contributed by atoms with Crippen LogP contribution < -0.4 is 5.32 Å². The van der Waals surface area contributed by atoms with Crippen LogP contribution in [0.5, 0.6) is 0 Å². The van der Waals surface area contributed by atoms with Crippen LogP contribution in [0.25, 0.3) is 22.4 Å². The number of nitrogens with one attached hydrogen (secondary N) is 1. The van der Waals surface area contributed by atoms with Crippen molar-refractivity contribution in [1.29, 1.82) is 0 Å². The minimum atomic E-state index is -1.00. The Kier molecular flexibility index (Phi) is 4.72. The number of hydrogen-bond acceptors (Lipinski definition) is 5. The monoisotopic (exact) mass is 373 g/mol. The zero-order valence-electron chi connectivity index (χ0n) is 15.3. The van der Waals surface area contributed by atoms with E-state index < -0.39 is 5.97 Å². The van der Waals surface area contributed by atoms with E-state index in [1.807, 2.05) is 35.0 Å². The van der Waals surface area contributed by atoms with Gasteiger partial charge in [-0.25, -0.2) is 19.4 Å². The Morgan fingerprint density at radius 3 is 2.57 bits per heavy atom. The normalized spacial score (nSPS) is 10.9. The quantitative estimate of drug-likeness (QED) is 0.522. The molecule has 0 aliphatic carbocycles. The largest absolute Gasteiger partial charge is 0.478 e. The molecular weight excluding hydrogens is 354 g/mol. The van der Waals surface area contributed by atoms with Crippen molar-refractivity contribution in [2.24, 2.45) is 0 Å². The van der Waals surface area contributed by atoms with Crippen molar-refractivity contribution in [3.63, 3.8) is 0 Å². The van der Waals surface area contributed by atoms with Crippen LogP contribution in [0.15, 0.2) is 60.8 Å². The highest BCUT2D eigenvalue weighted by Crippen LogP contribution is 2.28. The molecule has 0 saturated carbocycles. The first-order valence-electron chi connectivity index (χ1n) is 9.05. The van der Waals surface area contributed by atoms with Gasteiger partial charge in [0, 0.05) is 12.1 Å². The maximum Gasteiger partial charge on any atom is 0.337 e. The number of carbonyl (C=O) groups is 1. The van der Waals surface area contributed by atoms with E-state index in [-0.39, 0.29) is 5.56 Å². The molecule has 2 N–H and O–H groups in total. The molecule has 0 unspecified atom stereocenters. The van der Waals surface area contributed by atoms with Crippen LogP contribution >= 0.6 is 0 Å². The number of para-hydroxylation sites is 1. The van der Waals surface area contributed by atoms with Crippen molar-refractivity contribution < 1.29 is 9.90 Å². The number of hydrogen-bond donors (Lipinski definition) is 2. The lowest BCUT2D eigenvalue weighted by atomic mass is 10.1. The van der Waals surface area contributed by atoms with Crippen molar-refractivity contribution in [3.05, 3.63) is 66.4 Å². The van der Waals surface area contributed by atoms with Crippen LogP contribution in [0.4, 0.5) is 11.5 Å². The predicted molar refractivity (Wildman–Crippen MR) is 108 cm³/mol. The molecule has 4 aromatic rings. The molecule has 140 valence electrons. The fraction of sp³-hybridized carbons (Fsp3) is 0.143. The Morgan fingerprint density at radius 2 is 1.82 bits per heavy atom. The lowest BCUT2D eigenvalue weighted by molar-refractivity contribution is 0.0698. The van der Waals surface area contributed by atoms with Crippen LogP contribution in [-0.4, -0.2) is 30.8 Å². The highest BCUT2D eigenvalue weighted by Gasteiger charge is 2.16. The van der Waals surface area contributed by atoms with Crippen molar-refractivity contribution >= 4 is 28.5 Å². The number of anilines is 2. The summed E-state index contributed by atoms with van der Waals surface area (Å²) >= 11 is 0. The first kappa shape index (κ1) is 17.7. The van der Waals surface area contributed by atoms with Crippen LogP contribution in [0.1, 0.15) is 23.7 Å². The summed E-state index contributed by atoms with van der Waals surface area (Å²) in [4.78, 5) is 21.0. The highest BCUT2D eigenvalue weighted by molar-refractivity contribution is 5.97. The molecule has 2 aromatic carbocycles. The lowest BCUT2D eigenvalue weighted by Gasteiger charge is -2.11. The number of carboxylic acids is 1. The first-order valence-corrected chi connectivity index (χ1v) is 9.05. The number of aromatic carboxylic acids is 1. The fourth-order valence-electron chi connectivity index (χ4n) is 3.05. The van der Waals surface area contributed by atoms with Gasteiger partial charge in [-0.15, -0.1) is 0 Å². The van der Waals surface area contributed by atoms with Crippen LogP contribution in [0.2, 0.25) is 0 Å². The fourth-order valence-corrected chi connectivity index (χ4v) is 3.05. The summed E-state index contributed by atoms with van der Waals surface area (Å²) in [7, 11) is 0. The third kappa shape index (κ3) is 3.29. The molecule has 7 heteroatoms. The third-order valence-electron chi connectivity index (χ3n) is 4.37. The van der Waals surface area contributed by atoms with Gasteiger partial charge in [0.1, 0.15) is 5.82 Å². The van der Waals surface area contributed by atoms with Gasteiger partial charge < -0.3 is 10.4 Å². The molecule has 0 radical (unpaired) electrons. The average molecular weight is 373 g/mol. The summed E-state index contributed by atoms with van der Waals surface area (Å²) in [6, 6.07) is 16.4. The Labute approximate surface area is 161 Å². The molecule has 0 aliphatic rings. The van der Waals surface area contributed by atoms with E-state index >= 15 is 0 Å². The number of aryl methyl sites for hydroxylation is 1. The van der Waals surface area contributed by atoms with Crippen molar-refractivity contribution in [2.45, 2.75) is 19.9 Å². The molecule has 0 spiro atoms. The first-order chi connectivity index (χ1) is 13.7. The van der Waals surface area contributed by atoms with Gasteiger partial charge in [-0.2, -0.15) is 5.10 Å². The van der Waals surface area contributed by atoms with Gasteiger partial charge >= 0.3 is 5.97 Å². The maximum absolute atomic E-state index is 11.6. The summed E-state index contributed by atoms with van der Waals surface area (Å²) < 4.78 is 1.84. The van der Waals surface area contributed by atoms with E-state index in [9.17, 15) is 9.90 Å². The van der Waals surface area contributed by atoms with Crippen LogP contribution in [0.3, 0.4) is 0 Å². The smallest absolute Gasteiger partial charge is 0.337 e. The minimum Gasteiger partial charge on any atom is -0.478 e. The topological polar surface area (TPSA) is 92.9 Å². The van der Waals surface area contributed by atoms with E-state index in [0.717, 1.165) is 23.9 Å². The molecule has 7 nitrogen and oxygen atoms in total. The van der Waals surface area contributed by atoms with Gasteiger partial charge in [-0.05, 0) is 18.6 Å². The van der Waals surface area contributed by atoms with Gasteiger partial charge in [0.25, 0.3) is 0 Å². The van der Waals surface area contributed by atoms with Gasteiger partial charge in [0.15, 0.2) is 11.5 Å². The Balaban J connectivity index is 1.89. The molecule has 0 fully saturated rings. The maximum atomic E-state index is 11.6. The van der Waals surface area contributed by atoms with Gasteiger partial charge in [0.05, 0.1) is 22.8 Å². The number of rotatable bonds is 6. The number of fused-ring (bicyclic) bond motifs is 1. The van der Waals surface area contributed by atoms with Crippen molar-refractivity contribution in [2.75, 3.05) is 5.32 Å². The number of carboxylic acid groups (broad SMARTS) is 1. The molecule has 4 rings (SSSR count). The Morgan fingerprint density at radius 1 is 1.07 bits per heavy atom. The summed E-state index contributed by atoms with van der Waals surface area (Å²) in [5.41, 5.74) is 2.24. The molecule has 0 aliphatic heterocycles. The zero-order valence-corrected chi connectivity index (χ0v) is 15.3. The predicted octanol–water partition coefficient (Wildman–Crippen LogP) is 4.35. The number of nitrogens with zero attached hydrogens (tertiary/aromatic N) is 4. The summed E-state index contributed by atoms with van der Waals surface area (Å²) in [5, 5.41) is 17.8. The zero-order chi connectivity index (χ0) is 19.5. The highest BCUT2D eigenvalue weighted by atomic mass is 16.4. The van der Waals surface area contributed by atoms with E-state index in [1.165, 1.54) is 0 Å². The summed E-state index contributed by atoms with van der Waals surface area (Å²) in [6.07, 6.45) is 2.64. The van der Waals surface area contributed by atoms with Gasteiger partial charge in [0.2, 0.25) is 0 Å². The van der Waals surface area contributed by atoms with Crippen LogP contribution in [0, 0.1) is 0 Å². The van der Waals surface area contributed by atoms with Gasteiger partial charge in [-0.1, -0.05) is 49.4 Å². The molecular formula is C21H19N5O2. The van der Waals surface area contributed by atoms with E-state index in [0.29, 0.717) is 23.0 Å². The van der Waals surface area contributed by atoms with E-state index in [4.69, 9.17) is 4.98 Å². The molecule has 0 amide bonds. The SMILES string of the molecule is CCCn1ncc2c(Nc3ccccc3C(=O)O)nc(-c3ccccc3)nc21. The van der Waals surface area contributed by atoms with Crippen molar-refractivity contribution in [3.8, 4) is 11.4 Å². The molecule has 28 heavy (non-hydrogen) atoms. The van der Waals surface area contributed by atoms with E-state index in [2.05, 4.69) is 22.3 Å². The van der Waals surface area contributed by atoms with Crippen LogP contribution in [-0.2, 0) is 6.54 Å². The molecule has 2 aromatic heterocycles. The van der Waals surface area contributed by atoms with E-state index in [1.54, 1.807) is 30.5 Å². The summed E-state index contributed by atoms with van der Waals surface area (Å²) in [5.74, 6) is 0.0829. The molecule has 2 heterocycles. The second-order valence-electron chi connectivity index (χ2n) is 6.34. The van der Waals surface area contributed by atoms with Crippen molar-refractivity contribution in [1.82, 2.24) is 19.7 Å². The average Bonchev–Trinajstić information content (AvgIpc) is 3.12. The molecule has 0 atom stereocenters. The minimum absolute atomic E-state index is 0.177. The Bertz CT molecular complexity index is 1140. The molecule has 0 saturated heterocycles. The lowest BCUT2D eigenvalue weighted by Crippen LogP contribution is -2.06. The standard InChI is InChI=1S/C21H19N5O2/c1-2-12-26-20-16(13-22-26)19(23-17-11-7-6-10-15(17)21(27)28)24-18(25-20)14-8-4-3-5-9-14/h3-11,13H,2,12H2,1H3,(H,27,28)(H,23,24,25). The number of benzene rings is 2. The summed E-state index contributed by atoms with van der Waals surface area (Å²) in [6.45, 7) is 2.81. The third-order valence-corrected chi connectivity index (χ3v) is 4.37. The molecule has 0 bridgehead atoms. The second-order valence-corrected chi connectivity index (χ2v) is 6.34. The Hall–Kier alpha value is -3.74. The second kappa shape index (κ2) is 7.48. The number of aromatic nitrogens is 4. The van der Waals surface area contributed by atoms with Gasteiger partial charge in [-0.3, -0.25) is 0 Å².